The van der Waals surface area contributed by atoms with Crippen molar-refractivity contribution in [3.63, 3.8) is 0 Å². The van der Waals surface area contributed by atoms with E-state index in [0.717, 1.165) is 38.5 Å². The van der Waals surface area contributed by atoms with E-state index in [2.05, 4.69) is 89.7 Å². The number of allylic oxidation sites excluding steroid dienone is 12. The molecule has 6 N–H and O–H groups in total. The van der Waals surface area contributed by atoms with E-state index in [1.165, 1.54) is 0 Å². The summed E-state index contributed by atoms with van der Waals surface area (Å²) < 4.78 is 10.5. The van der Waals surface area contributed by atoms with E-state index in [1.54, 1.807) is 20.8 Å². The van der Waals surface area contributed by atoms with Gasteiger partial charge in [-0.25, -0.2) is 4.79 Å². The van der Waals surface area contributed by atoms with Crippen molar-refractivity contribution in [3.05, 3.63) is 72.9 Å². The second kappa shape index (κ2) is 27.2. The van der Waals surface area contributed by atoms with Crippen LogP contribution in [0.5, 0.6) is 0 Å². The summed E-state index contributed by atoms with van der Waals surface area (Å²) in [6, 6.07) is -1.91. The molecule has 0 bridgehead atoms. The van der Waals surface area contributed by atoms with E-state index in [9.17, 15) is 29.7 Å². The van der Waals surface area contributed by atoms with Crippen LogP contribution in [0.4, 0.5) is 4.79 Å². The summed E-state index contributed by atoms with van der Waals surface area (Å²) in [5.74, 6) is -0.629. The number of carbonyl (C=O) groups excluding carboxylic acids is 3. The summed E-state index contributed by atoms with van der Waals surface area (Å²) in [6.45, 7) is 7.22. The van der Waals surface area contributed by atoms with E-state index in [-0.39, 0.29) is 18.7 Å². The molecule has 1 rings (SSSR count). The van der Waals surface area contributed by atoms with Gasteiger partial charge >= 0.3 is 6.09 Å². The minimum Gasteiger partial charge on any atom is -0.444 e. The van der Waals surface area contributed by atoms with Gasteiger partial charge in [-0.2, -0.15) is 0 Å². The molecule has 0 saturated carbocycles. The molecule has 11 heteroatoms. The number of unbranched alkanes of at least 4 members (excludes halogenated alkanes) is 1. The molecule has 1 heterocycles. The van der Waals surface area contributed by atoms with Crippen molar-refractivity contribution < 1.29 is 39.2 Å². The van der Waals surface area contributed by atoms with Crippen LogP contribution in [0.3, 0.4) is 0 Å². The summed E-state index contributed by atoms with van der Waals surface area (Å²) in [4.78, 5) is 37.7. The monoisotopic (exact) mass is 701 g/mol. The van der Waals surface area contributed by atoms with Gasteiger partial charge in [0.15, 0.2) is 6.29 Å². The molecule has 11 nitrogen and oxygen atoms in total. The van der Waals surface area contributed by atoms with Gasteiger partial charge in [0.2, 0.25) is 11.8 Å². The van der Waals surface area contributed by atoms with Crippen molar-refractivity contribution in [2.24, 2.45) is 0 Å². The maximum atomic E-state index is 13.1. The van der Waals surface area contributed by atoms with E-state index < -0.39 is 54.8 Å². The number of aliphatic hydroxyl groups excluding tert-OH is 3. The predicted octanol–water partition coefficient (Wildman–Crippen LogP) is 5.59. The second-order valence-corrected chi connectivity index (χ2v) is 13.2. The summed E-state index contributed by atoms with van der Waals surface area (Å²) in [5, 5.41) is 37.7. The smallest absolute Gasteiger partial charge is 0.408 e. The molecular formula is C39H63N3O8. The molecule has 1 fully saturated rings. The predicted molar refractivity (Wildman–Crippen MR) is 198 cm³/mol. The van der Waals surface area contributed by atoms with E-state index in [4.69, 9.17) is 9.47 Å². The van der Waals surface area contributed by atoms with Crippen LogP contribution in [-0.4, -0.2) is 82.6 Å². The zero-order valence-electron chi connectivity index (χ0n) is 30.6. The summed E-state index contributed by atoms with van der Waals surface area (Å²) in [7, 11) is 0. The van der Waals surface area contributed by atoms with Crippen molar-refractivity contribution >= 4 is 17.9 Å². The molecule has 0 aromatic carbocycles. The molecule has 1 aliphatic heterocycles. The lowest BCUT2D eigenvalue weighted by molar-refractivity contribution is -0.221. The number of carbonyl (C=O) groups is 3. The molecule has 5 atom stereocenters. The van der Waals surface area contributed by atoms with E-state index >= 15 is 0 Å². The van der Waals surface area contributed by atoms with Gasteiger partial charge in [-0.3, -0.25) is 9.59 Å². The first-order chi connectivity index (χ1) is 24.0. The number of ether oxygens (including phenoxy) is 2. The fraction of sp³-hybridized carbons (Fsp3) is 0.615. The third kappa shape index (κ3) is 23.0. The van der Waals surface area contributed by atoms with Crippen molar-refractivity contribution in [1.29, 1.82) is 0 Å². The van der Waals surface area contributed by atoms with Crippen molar-refractivity contribution in [1.82, 2.24) is 16.0 Å². The minimum atomic E-state index is -1.43. The zero-order chi connectivity index (χ0) is 37.0. The molecule has 0 radical (unpaired) electrons. The Morgan fingerprint density at radius 1 is 0.840 bits per heavy atom. The Bertz CT molecular complexity index is 1140. The lowest BCUT2D eigenvalue weighted by Crippen LogP contribution is -2.58. The van der Waals surface area contributed by atoms with Crippen LogP contribution in [0, 0.1) is 0 Å². The number of nitrogens with one attached hydrogen (secondary N) is 3. The summed E-state index contributed by atoms with van der Waals surface area (Å²) in [5.41, 5.74) is -0.767. The van der Waals surface area contributed by atoms with Gasteiger partial charge in [-0.05, 0) is 85.0 Å². The van der Waals surface area contributed by atoms with Crippen LogP contribution < -0.4 is 16.0 Å². The average molecular weight is 702 g/mol. The average Bonchev–Trinajstić information content (AvgIpc) is 3.05. The Kier molecular flexibility index (Phi) is 24.3. The first-order valence-corrected chi connectivity index (χ1v) is 18.1. The first kappa shape index (κ1) is 44.5. The number of aliphatic hydroxyl groups is 3. The van der Waals surface area contributed by atoms with Crippen LogP contribution >= 0.6 is 0 Å². The topological polar surface area (TPSA) is 166 Å². The Morgan fingerprint density at radius 2 is 1.38 bits per heavy atom. The fourth-order valence-corrected chi connectivity index (χ4v) is 4.83. The third-order valence-corrected chi connectivity index (χ3v) is 7.47. The molecule has 1 saturated heterocycles. The largest absolute Gasteiger partial charge is 0.444 e. The molecule has 0 aromatic heterocycles. The second-order valence-electron chi connectivity index (χ2n) is 13.2. The molecule has 50 heavy (non-hydrogen) atoms. The Labute approximate surface area is 299 Å². The van der Waals surface area contributed by atoms with Gasteiger partial charge in [0.1, 0.15) is 17.7 Å². The molecule has 0 aromatic rings. The van der Waals surface area contributed by atoms with Crippen LogP contribution in [0.2, 0.25) is 0 Å². The molecule has 282 valence electrons. The molecular weight excluding hydrogens is 638 g/mol. The van der Waals surface area contributed by atoms with Crippen LogP contribution in [0.25, 0.3) is 0 Å². The lowest BCUT2D eigenvalue weighted by atomic mass is 10.00. The highest BCUT2D eigenvalue weighted by molar-refractivity contribution is 5.86. The van der Waals surface area contributed by atoms with E-state index in [0.29, 0.717) is 32.2 Å². The lowest BCUT2D eigenvalue weighted by Gasteiger charge is -2.37. The highest BCUT2D eigenvalue weighted by Crippen LogP contribution is 2.19. The molecule has 0 spiro atoms. The maximum Gasteiger partial charge on any atom is 0.408 e. The molecule has 0 aliphatic carbocycles. The summed E-state index contributed by atoms with van der Waals surface area (Å²) >= 11 is 0. The van der Waals surface area contributed by atoms with Gasteiger partial charge < -0.3 is 40.7 Å². The van der Waals surface area contributed by atoms with E-state index in [1.807, 2.05) is 6.08 Å². The molecule has 5 unspecified atom stereocenters. The third-order valence-electron chi connectivity index (χ3n) is 7.47. The highest BCUT2D eigenvalue weighted by atomic mass is 16.6. The summed E-state index contributed by atoms with van der Waals surface area (Å²) in [6.07, 6.45) is 29.6. The van der Waals surface area contributed by atoms with Crippen LogP contribution in [-0.2, 0) is 19.1 Å². The van der Waals surface area contributed by atoms with Crippen molar-refractivity contribution in [2.45, 2.75) is 141 Å². The Morgan fingerprint density at radius 3 is 1.90 bits per heavy atom. The molecule has 3 amide bonds. The van der Waals surface area contributed by atoms with Crippen LogP contribution in [0.1, 0.15) is 105 Å². The standard InChI is InChI=1S/C39H63N3O8/c1-5-6-7-8-9-10-11-12-13-14-15-16-17-18-19-20-21-22-23-27-35(45)40-28-25-24-26-31(42-38(48)50-39(2,3)4)36(46)41-32-29-33(44)34(30-43)49-37(32)47/h6-7,9-10,12-13,15-16,18-19,21-22,31-34,37,43-44,47H,5,8,11,14,17,20,23-30H2,1-4H3,(H,40,45)(H,41,46)(H,42,48). The van der Waals surface area contributed by atoms with Gasteiger partial charge in [-0.15, -0.1) is 0 Å². The number of rotatable bonds is 23. The number of alkyl carbamates (subject to hydrolysis) is 1. The van der Waals surface area contributed by atoms with Crippen molar-refractivity contribution in [2.75, 3.05) is 13.2 Å². The van der Waals surface area contributed by atoms with Crippen molar-refractivity contribution in [3.8, 4) is 0 Å². The first-order valence-electron chi connectivity index (χ1n) is 18.1. The quantitative estimate of drug-likeness (QED) is 0.0593. The number of hydrogen-bond acceptors (Lipinski definition) is 8. The highest BCUT2D eigenvalue weighted by Gasteiger charge is 2.38. The van der Waals surface area contributed by atoms with Gasteiger partial charge in [0.05, 0.1) is 18.8 Å². The zero-order valence-corrected chi connectivity index (χ0v) is 30.6. The minimum absolute atomic E-state index is 0.0259. The Hall–Kier alpha value is -3.51. The Balaban J connectivity index is 2.30. The number of amides is 3. The van der Waals surface area contributed by atoms with Gasteiger partial charge in [0, 0.05) is 19.4 Å². The maximum absolute atomic E-state index is 13.1. The fourth-order valence-electron chi connectivity index (χ4n) is 4.83. The molecule has 1 aliphatic rings. The van der Waals surface area contributed by atoms with Gasteiger partial charge in [-0.1, -0.05) is 79.8 Å². The normalized spacial score (nSPS) is 20.9. The van der Waals surface area contributed by atoms with Crippen LogP contribution in [0.15, 0.2) is 72.9 Å². The number of hydrogen-bond donors (Lipinski definition) is 6. The SMILES string of the molecule is CCC=CCC=CCC=CCC=CCC=CCC=CCCC(=O)NCCCCC(NC(=O)OC(C)(C)C)C(=O)NC1CC(O)C(CO)OC1O. The van der Waals surface area contributed by atoms with Gasteiger partial charge in [0.25, 0.3) is 0 Å².